The van der Waals surface area contributed by atoms with E-state index in [-0.39, 0.29) is 11.4 Å². The molecule has 1 aromatic carbocycles. The molecule has 2 fully saturated rings. The van der Waals surface area contributed by atoms with Crippen molar-refractivity contribution < 1.29 is 4.79 Å². The molecule has 6 nitrogen and oxygen atoms in total. The van der Waals surface area contributed by atoms with Gasteiger partial charge in [0.2, 0.25) is 5.91 Å². The zero-order valence-corrected chi connectivity index (χ0v) is 16.8. The van der Waals surface area contributed by atoms with E-state index in [1.807, 2.05) is 31.2 Å². The highest BCUT2D eigenvalue weighted by atomic mass is 16.1. The Morgan fingerprint density at radius 3 is 2.79 bits per heavy atom. The molecule has 6 heteroatoms. The van der Waals surface area contributed by atoms with Crippen LogP contribution in [0.25, 0.3) is 11.3 Å². The predicted molar refractivity (Wildman–Crippen MR) is 110 cm³/mol. The second-order valence-corrected chi connectivity index (χ2v) is 8.13. The van der Waals surface area contributed by atoms with Crippen molar-refractivity contribution in [3.63, 3.8) is 0 Å². The monoisotopic (exact) mass is 379 g/mol. The molecule has 2 saturated heterocycles. The third-order valence-electron chi connectivity index (χ3n) is 6.14. The van der Waals surface area contributed by atoms with E-state index in [1.165, 1.54) is 0 Å². The molecule has 0 bridgehead atoms. The SMILES string of the molecule is Cc1cc(-c2ccccc2)nc(CN2CCN(C)[C@]3(CCNC(=O)CC3)C2)n1. The quantitative estimate of drug-likeness (QED) is 0.886. The highest BCUT2D eigenvalue weighted by Gasteiger charge is 2.40. The van der Waals surface area contributed by atoms with E-state index < -0.39 is 0 Å². The van der Waals surface area contributed by atoms with Crippen LogP contribution in [0.15, 0.2) is 36.4 Å². The first-order valence-electron chi connectivity index (χ1n) is 10.1. The normalized spacial score (nSPS) is 24.1. The number of benzene rings is 1. The van der Waals surface area contributed by atoms with E-state index in [2.05, 4.69) is 34.3 Å². The summed E-state index contributed by atoms with van der Waals surface area (Å²) < 4.78 is 0. The second kappa shape index (κ2) is 7.97. The van der Waals surface area contributed by atoms with Crippen molar-refractivity contribution in [1.29, 1.82) is 0 Å². The molecule has 2 aliphatic heterocycles. The van der Waals surface area contributed by atoms with E-state index in [0.29, 0.717) is 6.42 Å². The lowest BCUT2D eigenvalue weighted by molar-refractivity contribution is -0.121. The molecular weight excluding hydrogens is 350 g/mol. The van der Waals surface area contributed by atoms with E-state index >= 15 is 0 Å². The van der Waals surface area contributed by atoms with Gasteiger partial charge in [0.25, 0.3) is 0 Å². The number of piperazine rings is 1. The molecule has 1 N–H and O–H groups in total. The Hall–Kier alpha value is -2.31. The first kappa shape index (κ1) is 19.0. The summed E-state index contributed by atoms with van der Waals surface area (Å²) in [5.41, 5.74) is 3.16. The molecule has 3 heterocycles. The Kier molecular flexibility index (Phi) is 5.42. The number of carbonyl (C=O) groups excluding carboxylic acids is 1. The number of nitrogens with one attached hydrogen (secondary N) is 1. The van der Waals surface area contributed by atoms with Crippen molar-refractivity contribution in [3.05, 3.63) is 47.9 Å². The van der Waals surface area contributed by atoms with Gasteiger partial charge >= 0.3 is 0 Å². The number of aromatic nitrogens is 2. The molecule has 0 radical (unpaired) electrons. The minimum Gasteiger partial charge on any atom is -0.356 e. The summed E-state index contributed by atoms with van der Waals surface area (Å²) >= 11 is 0. The number of likely N-dealkylation sites (N-methyl/N-ethyl adjacent to an activating group) is 1. The van der Waals surface area contributed by atoms with E-state index in [9.17, 15) is 4.79 Å². The number of amides is 1. The largest absolute Gasteiger partial charge is 0.356 e. The van der Waals surface area contributed by atoms with Crippen molar-refractivity contribution in [2.45, 2.75) is 38.3 Å². The lowest BCUT2D eigenvalue weighted by atomic mass is 9.86. The highest BCUT2D eigenvalue weighted by Crippen LogP contribution is 2.31. The summed E-state index contributed by atoms with van der Waals surface area (Å²) in [4.78, 5) is 26.3. The molecule has 2 aromatic rings. The van der Waals surface area contributed by atoms with Crippen LogP contribution in [0.4, 0.5) is 0 Å². The minimum absolute atomic E-state index is 0.0590. The van der Waals surface area contributed by atoms with Crippen LogP contribution in [0, 0.1) is 6.92 Å². The fraction of sp³-hybridized carbons (Fsp3) is 0.500. The maximum Gasteiger partial charge on any atom is 0.220 e. The molecule has 0 aliphatic carbocycles. The number of carbonyl (C=O) groups is 1. The van der Waals surface area contributed by atoms with Crippen molar-refractivity contribution >= 4 is 5.91 Å². The Bertz CT molecular complexity index is 840. The maximum atomic E-state index is 11.8. The van der Waals surface area contributed by atoms with Crippen LogP contribution in [0.1, 0.15) is 30.8 Å². The summed E-state index contributed by atoms with van der Waals surface area (Å²) in [6.07, 6.45) is 2.52. The summed E-state index contributed by atoms with van der Waals surface area (Å²) in [6.45, 7) is 6.50. The van der Waals surface area contributed by atoms with Gasteiger partial charge in [0.05, 0.1) is 12.2 Å². The van der Waals surface area contributed by atoms with Gasteiger partial charge in [-0.15, -0.1) is 0 Å². The van der Waals surface area contributed by atoms with Gasteiger partial charge in [0.1, 0.15) is 5.82 Å². The van der Waals surface area contributed by atoms with Crippen LogP contribution in [0.5, 0.6) is 0 Å². The minimum atomic E-state index is 0.0590. The number of hydrogen-bond donors (Lipinski definition) is 1. The molecule has 1 aromatic heterocycles. The van der Waals surface area contributed by atoms with Crippen molar-refractivity contribution in [3.8, 4) is 11.3 Å². The highest BCUT2D eigenvalue weighted by molar-refractivity contribution is 5.76. The van der Waals surface area contributed by atoms with Crippen LogP contribution in [-0.2, 0) is 11.3 Å². The smallest absolute Gasteiger partial charge is 0.220 e. The standard InChI is InChI=1S/C22H29N5O/c1-17-14-19(18-6-4-3-5-7-18)25-20(24-17)15-27-13-12-26(2)22(16-27)9-8-21(28)23-11-10-22/h3-7,14H,8-13,15-16H2,1-2H3,(H,23,28)/t22-/m1/s1. The Labute approximate surface area is 167 Å². The summed E-state index contributed by atoms with van der Waals surface area (Å²) in [7, 11) is 2.20. The van der Waals surface area contributed by atoms with Gasteiger partial charge in [-0.3, -0.25) is 14.6 Å². The van der Waals surface area contributed by atoms with Gasteiger partial charge in [-0.1, -0.05) is 30.3 Å². The van der Waals surface area contributed by atoms with Crippen LogP contribution < -0.4 is 5.32 Å². The lowest BCUT2D eigenvalue weighted by Crippen LogP contribution is -2.60. The first-order chi connectivity index (χ1) is 13.5. The van der Waals surface area contributed by atoms with Crippen LogP contribution in [-0.4, -0.2) is 64.4 Å². The van der Waals surface area contributed by atoms with Gasteiger partial charge in [-0.25, -0.2) is 9.97 Å². The Morgan fingerprint density at radius 1 is 1.14 bits per heavy atom. The molecule has 28 heavy (non-hydrogen) atoms. The van der Waals surface area contributed by atoms with Gasteiger partial charge < -0.3 is 5.32 Å². The molecular formula is C22H29N5O. The van der Waals surface area contributed by atoms with Crippen molar-refractivity contribution in [2.24, 2.45) is 0 Å². The number of hydrogen-bond acceptors (Lipinski definition) is 5. The second-order valence-electron chi connectivity index (χ2n) is 8.13. The van der Waals surface area contributed by atoms with Crippen molar-refractivity contribution in [1.82, 2.24) is 25.1 Å². The topological polar surface area (TPSA) is 61.4 Å². The molecule has 2 aliphatic rings. The molecule has 148 valence electrons. The lowest BCUT2D eigenvalue weighted by Gasteiger charge is -2.49. The van der Waals surface area contributed by atoms with E-state index in [1.54, 1.807) is 0 Å². The molecule has 1 spiro atoms. The summed E-state index contributed by atoms with van der Waals surface area (Å²) in [5.74, 6) is 1.05. The summed E-state index contributed by atoms with van der Waals surface area (Å²) in [6, 6.07) is 12.3. The van der Waals surface area contributed by atoms with Crippen LogP contribution in [0.3, 0.4) is 0 Å². The average molecular weight is 380 g/mol. The molecule has 1 amide bonds. The average Bonchev–Trinajstić information content (AvgIpc) is 2.87. The maximum absolute atomic E-state index is 11.8. The zero-order chi connectivity index (χ0) is 19.6. The van der Waals surface area contributed by atoms with E-state index in [4.69, 9.17) is 9.97 Å². The number of aryl methyl sites for hydroxylation is 1. The third kappa shape index (κ3) is 4.08. The van der Waals surface area contributed by atoms with Gasteiger partial charge in [-0.2, -0.15) is 0 Å². The van der Waals surface area contributed by atoms with Crippen LogP contribution >= 0.6 is 0 Å². The molecule has 1 atom stereocenters. The van der Waals surface area contributed by atoms with Crippen molar-refractivity contribution in [2.75, 3.05) is 33.2 Å². The summed E-state index contributed by atoms with van der Waals surface area (Å²) in [5, 5.41) is 3.03. The fourth-order valence-corrected chi connectivity index (χ4v) is 4.47. The molecule has 0 unspecified atom stereocenters. The predicted octanol–water partition coefficient (Wildman–Crippen LogP) is 2.24. The zero-order valence-electron chi connectivity index (χ0n) is 16.8. The number of rotatable bonds is 3. The Balaban J connectivity index is 1.53. The molecule has 0 saturated carbocycles. The van der Waals surface area contributed by atoms with Crippen LogP contribution in [0.2, 0.25) is 0 Å². The van der Waals surface area contributed by atoms with Gasteiger partial charge in [-0.05, 0) is 32.9 Å². The molecule has 4 rings (SSSR count). The number of nitrogens with zero attached hydrogens (tertiary/aromatic N) is 4. The van der Waals surface area contributed by atoms with E-state index in [0.717, 1.165) is 68.3 Å². The van der Waals surface area contributed by atoms with Gasteiger partial charge in [0, 0.05) is 49.4 Å². The fourth-order valence-electron chi connectivity index (χ4n) is 4.47. The third-order valence-corrected chi connectivity index (χ3v) is 6.14. The van der Waals surface area contributed by atoms with Gasteiger partial charge in [0.15, 0.2) is 0 Å². The Morgan fingerprint density at radius 2 is 1.96 bits per heavy atom. The first-order valence-corrected chi connectivity index (χ1v) is 10.1.